The Balaban J connectivity index is 1.48. The molecule has 2 aromatic carbocycles. The van der Waals surface area contributed by atoms with Gasteiger partial charge in [-0.05, 0) is 102 Å². The zero-order valence-corrected chi connectivity index (χ0v) is 16.9. The summed E-state index contributed by atoms with van der Waals surface area (Å²) >= 11 is 6.00. The highest BCUT2D eigenvalue weighted by Gasteiger charge is 2.56. The number of ketones is 1. The molecule has 0 heterocycles. The van der Waals surface area contributed by atoms with Gasteiger partial charge in [-0.25, -0.2) is 0 Å². The number of phenols is 1. The van der Waals surface area contributed by atoms with E-state index in [1.165, 1.54) is 11.1 Å². The maximum absolute atomic E-state index is 13.4. The predicted octanol–water partition coefficient (Wildman–Crippen LogP) is 6.16. The number of hydrogen-bond acceptors (Lipinski definition) is 2. The number of rotatable bonds is 1. The Kier molecular flexibility index (Phi) is 4.17. The van der Waals surface area contributed by atoms with Crippen LogP contribution in [-0.2, 0) is 11.2 Å². The third-order valence-corrected chi connectivity index (χ3v) is 7.81. The van der Waals surface area contributed by atoms with Crippen LogP contribution in [0.2, 0.25) is 5.02 Å². The molecule has 1 N–H and O–H groups in total. The second-order valence-corrected chi connectivity index (χ2v) is 9.45. The number of aryl methyl sites for hydroxylation is 1. The first-order chi connectivity index (χ1) is 13.5. The van der Waals surface area contributed by atoms with Crippen LogP contribution in [0.5, 0.6) is 5.75 Å². The van der Waals surface area contributed by atoms with Crippen LogP contribution in [0.3, 0.4) is 0 Å². The fraction of sp³-hybridized carbons (Fsp3) is 0.400. The zero-order valence-electron chi connectivity index (χ0n) is 16.1. The van der Waals surface area contributed by atoms with E-state index in [1.807, 2.05) is 36.4 Å². The number of Topliss-reactive ketones (excluding diaryl/α,β-unsaturated/α-hetero) is 1. The molecule has 0 spiro atoms. The molecule has 3 heteroatoms. The molecule has 2 nitrogen and oxygen atoms in total. The maximum atomic E-state index is 13.4. The van der Waals surface area contributed by atoms with Gasteiger partial charge in [-0.3, -0.25) is 4.79 Å². The van der Waals surface area contributed by atoms with Crippen LogP contribution in [0.4, 0.5) is 0 Å². The van der Waals surface area contributed by atoms with E-state index in [9.17, 15) is 9.90 Å². The van der Waals surface area contributed by atoms with E-state index in [2.05, 4.69) is 19.1 Å². The van der Waals surface area contributed by atoms with E-state index in [1.54, 1.807) is 0 Å². The Morgan fingerprint density at radius 3 is 2.71 bits per heavy atom. The Labute approximate surface area is 171 Å². The van der Waals surface area contributed by atoms with Crippen molar-refractivity contribution in [2.24, 2.45) is 17.3 Å². The third kappa shape index (κ3) is 2.73. The second-order valence-electron chi connectivity index (χ2n) is 9.01. The number of carbonyl (C=O) groups is 1. The van der Waals surface area contributed by atoms with Crippen LogP contribution in [0, 0.1) is 17.3 Å². The summed E-state index contributed by atoms with van der Waals surface area (Å²) < 4.78 is 0. The molecule has 144 valence electrons. The number of fused-ring (bicyclic) bond motifs is 5. The highest BCUT2D eigenvalue weighted by molar-refractivity contribution is 6.30. The van der Waals surface area contributed by atoms with E-state index in [0.717, 1.165) is 48.3 Å². The van der Waals surface area contributed by atoms with Crippen molar-refractivity contribution < 1.29 is 9.90 Å². The third-order valence-electron chi connectivity index (χ3n) is 7.56. The summed E-state index contributed by atoms with van der Waals surface area (Å²) in [7, 11) is 0. The van der Waals surface area contributed by atoms with Gasteiger partial charge in [-0.1, -0.05) is 36.7 Å². The summed E-state index contributed by atoms with van der Waals surface area (Å²) in [6, 6.07) is 13.6. The minimum absolute atomic E-state index is 0.228. The standard InChI is InChI=1S/C25H25ClO2/c1-25-11-10-21-20-9-7-19(27)13-16(20)4-8-22(21)23(25)14-17(24(25)28)12-15-2-5-18(26)6-3-15/h2-3,5-7,9,12-13,21-23,27H,4,8,10-11,14H2,1H3/b17-12+/t21?,22?,23?,25-/m0/s1. The number of carbonyl (C=O) groups excluding carboxylic acids is 1. The predicted molar refractivity (Wildman–Crippen MR) is 113 cm³/mol. The van der Waals surface area contributed by atoms with E-state index in [-0.39, 0.29) is 5.41 Å². The van der Waals surface area contributed by atoms with Gasteiger partial charge in [-0.15, -0.1) is 0 Å². The SMILES string of the molecule is C[C@]12CCC3c4ccc(O)cc4CCC3C1C/C(=C\c1ccc(Cl)cc1)C2=O. The van der Waals surface area contributed by atoms with Gasteiger partial charge in [0.25, 0.3) is 0 Å². The summed E-state index contributed by atoms with van der Waals surface area (Å²) in [6.07, 6.45) is 7.09. The van der Waals surface area contributed by atoms with Crippen molar-refractivity contribution in [3.63, 3.8) is 0 Å². The molecule has 2 saturated carbocycles. The van der Waals surface area contributed by atoms with Gasteiger partial charge >= 0.3 is 0 Å². The van der Waals surface area contributed by atoms with Gasteiger partial charge in [0.15, 0.2) is 5.78 Å². The average Bonchev–Trinajstić information content (AvgIpc) is 2.94. The maximum Gasteiger partial charge on any atom is 0.165 e. The van der Waals surface area contributed by atoms with Crippen LogP contribution in [0.1, 0.15) is 55.2 Å². The van der Waals surface area contributed by atoms with Crippen LogP contribution < -0.4 is 0 Å². The molecule has 0 radical (unpaired) electrons. The summed E-state index contributed by atoms with van der Waals surface area (Å²) in [6.45, 7) is 2.20. The van der Waals surface area contributed by atoms with Gasteiger partial charge in [0.05, 0.1) is 0 Å². The Bertz CT molecular complexity index is 975. The second kappa shape index (κ2) is 6.49. The lowest BCUT2D eigenvalue weighted by Crippen LogP contribution is -2.42. The van der Waals surface area contributed by atoms with E-state index in [4.69, 9.17) is 11.6 Å². The molecule has 0 saturated heterocycles. The lowest BCUT2D eigenvalue weighted by molar-refractivity contribution is -0.127. The van der Waals surface area contributed by atoms with Crippen molar-refractivity contribution in [3.05, 3.63) is 69.8 Å². The summed E-state index contributed by atoms with van der Waals surface area (Å²) in [5, 5.41) is 10.6. The lowest BCUT2D eigenvalue weighted by atomic mass is 9.55. The largest absolute Gasteiger partial charge is 0.508 e. The molecular formula is C25H25ClO2. The van der Waals surface area contributed by atoms with E-state index in [0.29, 0.717) is 29.3 Å². The Morgan fingerprint density at radius 2 is 1.93 bits per heavy atom. The molecule has 3 aliphatic carbocycles. The minimum atomic E-state index is -0.228. The van der Waals surface area contributed by atoms with Gasteiger partial charge < -0.3 is 5.11 Å². The van der Waals surface area contributed by atoms with E-state index >= 15 is 0 Å². The van der Waals surface area contributed by atoms with Crippen molar-refractivity contribution in [2.45, 2.75) is 44.9 Å². The number of allylic oxidation sites excluding steroid dienone is 1. The van der Waals surface area contributed by atoms with Crippen LogP contribution in [0.25, 0.3) is 6.08 Å². The molecule has 0 aliphatic heterocycles. The molecule has 5 rings (SSSR count). The molecule has 28 heavy (non-hydrogen) atoms. The fourth-order valence-electron chi connectivity index (χ4n) is 6.13. The van der Waals surface area contributed by atoms with Gasteiger partial charge in [0.2, 0.25) is 0 Å². The summed E-state index contributed by atoms with van der Waals surface area (Å²) in [5.74, 6) is 2.20. The van der Waals surface area contributed by atoms with Crippen molar-refractivity contribution >= 4 is 23.5 Å². The lowest BCUT2D eigenvalue weighted by Gasteiger charge is -2.48. The van der Waals surface area contributed by atoms with Crippen molar-refractivity contribution in [2.75, 3.05) is 0 Å². The smallest absolute Gasteiger partial charge is 0.165 e. The molecule has 0 amide bonds. The normalized spacial score (nSPS) is 32.7. The van der Waals surface area contributed by atoms with Gasteiger partial charge in [0.1, 0.15) is 5.75 Å². The number of hydrogen-bond donors (Lipinski definition) is 1. The molecule has 0 bridgehead atoms. The molecule has 2 fully saturated rings. The molecule has 4 atom stereocenters. The quantitative estimate of drug-likeness (QED) is 0.589. The topological polar surface area (TPSA) is 37.3 Å². The van der Waals surface area contributed by atoms with Crippen molar-refractivity contribution in [1.29, 1.82) is 0 Å². The van der Waals surface area contributed by atoms with Crippen molar-refractivity contribution in [1.82, 2.24) is 0 Å². The van der Waals surface area contributed by atoms with Crippen LogP contribution in [0.15, 0.2) is 48.0 Å². The Morgan fingerprint density at radius 1 is 1.14 bits per heavy atom. The Hall–Kier alpha value is -2.06. The van der Waals surface area contributed by atoms with Crippen LogP contribution in [-0.4, -0.2) is 10.9 Å². The van der Waals surface area contributed by atoms with Gasteiger partial charge in [0, 0.05) is 10.4 Å². The highest BCUT2D eigenvalue weighted by atomic mass is 35.5. The monoisotopic (exact) mass is 392 g/mol. The molecule has 3 aliphatic rings. The van der Waals surface area contributed by atoms with E-state index < -0.39 is 0 Å². The minimum Gasteiger partial charge on any atom is -0.508 e. The summed E-state index contributed by atoms with van der Waals surface area (Å²) in [5.41, 5.74) is 4.50. The highest BCUT2D eigenvalue weighted by Crippen LogP contribution is 2.60. The zero-order chi connectivity index (χ0) is 19.5. The number of phenolic OH excluding ortho intramolecular Hbond substituents is 1. The number of aromatic hydroxyl groups is 1. The molecule has 3 unspecified atom stereocenters. The number of benzene rings is 2. The fourth-order valence-corrected chi connectivity index (χ4v) is 6.25. The average molecular weight is 393 g/mol. The molecule has 0 aromatic heterocycles. The van der Waals surface area contributed by atoms with Crippen LogP contribution >= 0.6 is 11.6 Å². The first-order valence-electron chi connectivity index (χ1n) is 10.3. The van der Waals surface area contributed by atoms with Crippen molar-refractivity contribution in [3.8, 4) is 5.75 Å². The number of halogens is 1. The molecular weight excluding hydrogens is 368 g/mol. The summed E-state index contributed by atoms with van der Waals surface area (Å²) in [4.78, 5) is 13.4. The van der Waals surface area contributed by atoms with Gasteiger partial charge in [-0.2, -0.15) is 0 Å². The first-order valence-corrected chi connectivity index (χ1v) is 10.7. The first kappa shape index (κ1) is 18.0. The molecule has 2 aromatic rings.